The van der Waals surface area contributed by atoms with E-state index in [1.54, 1.807) is 18.2 Å². The van der Waals surface area contributed by atoms with Crippen LogP contribution in [-0.2, 0) is 19.6 Å². The fourth-order valence-electron chi connectivity index (χ4n) is 3.00. The van der Waals surface area contributed by atoms with E-state index in [0.29, 0.717) is 11.4 Å². The van der Waals surface area contributed by atoms with Gasteiger partial charge < -0.3 is 5.32 Å². The molecule has 1 unspecified atom stereocenters. The Bertz CT molecular complexity index is 1180. The average Bonchev–Trinajstić information content (AvgIpc) is 2.67. The van der Waals surface area contributed by atoms with Gasteiger partial charge in [0.1, 0.15) is 6.04 Å². The molecule has 0 saturated heterocycles. The summed E-state index contributed by atoms with van der Waals surface area (Å²) in [7, 11) is -4.10. The number of halogens is 1. The van der Waals surface area contributed by atoms with Crippen molar-refractivity contribution in [2.45, 2.75) is 24.8 Å². The van der Waals surface area contributed by atoms with Crippen LogP contribution >= 0.6 is 11.6 Å². The maximum atomic E-state index is 13.4. The first-order valence-corrected chi connectivity index (χ1v) is 10.6. The van der Waals surface area contributed by atoms with Crippen molar-refractivity contribution in [2.75, 3.05) is 9.62 Å². The minimum Gasteiger partial charge on any atom is -0.326 e. The third-order valence-electron chi connectivity index (χ3n) is 4.40. The second-order valence-corrected chi connectivity index (χ2v) is 8.71. The number of hydrogen-bond donors (Lipinski definition) is 1. The lowest BCUT2D eigenvalue weighted by molar-refractivity contribution is -0.114. The number of carbonyl (C=O) groups is 2. The number of carbonyl (C=O) groups excluding carboxylic acids is 2. The van der Waals surface area contributed by atoms with Gasteiger partial charge in [0.05, 0.1) is 10.6 Å². The van der Waals surface area contributed by atoms with Crippen LogP contribution in [-0.4, -0.2) is 25.6 Å². The SMILES string of the molecule is CC(=O)Nc1ccc(S(=O)(=O)N(c2ccc3ccccc3c2)C(C)C(=O)Cl)cc1. The van der Waals surface area contributed by atoms with E-state index in [1.165, 1.54) is 38.1 Å². The zero-order valence-electron chi connectivity index (χ0n) is 15.8. The minimum absolute atomic E-state index is 0.0236. The normalized spacial score (nSPS) is 12.4. The van der Waals surface area contributed by atoms with Gasteiger partial charge in [0.15, 0.2) is 0 Å². The van der Waals surface area contributed by atoms with Crippen LogP contribution in [0.4, 0.5) is 11.4 Å². The summed E-state index contributed by atoms with van der Waals surface area (Å²) >= 11 is 5.67. The van der Waals surface area contributed by atoms with E-state index in [1.807, 2.05) is 24.3 Å². The molecule has 3 aromatic rings. The molecule has 0 aliphatic carbocycles. The molecule has 1 atom stereocenters. The van der Waals surface area contributed by atoms with E-state index < -0.39 is 21.3 Å². The second-order valence-electron chi connectivity index (χ2n) is 6.52. The molecule has 1 N–H and O–H groups in total. The molecular weight excluding hydrogens is 412 g/mol. The number of rotatable bonds is 6. The van der Waals surface area contributed by atoms with Crippen LogP contribution in [0.1, 0.15) is 13.8 Å². The van der Waals surface area contributed by atoms with Crippen molar-refractivity contribution < 1.29 is 18.0 Å². The number of sulfonamides is 1. The van der Waals surface area contributed by atoms with Crippen molar-refractivity contribution in [3.8, 4) is 0 Å². The maximum absolute atomic E-state index is 13.4. The first-order chi connectivity index (χ1) is 13.7. The first-order valence-electron chi connectivity index (χ1n) is 8.80. The summed E-state index contributed by atoms with van der Waals surface area (Å²) in [6.45, 7) is 2.80. The number of nitrogens with one attached hydrogen (secondary N) is 1. The predicted molar refractivity (Wildman–Crippen MR) is 115 cm³/mol. The van der Waals surface area contributed by atoms with Gasteiger partial charge in [-0.25, -0.2) is 8.42 Å². The largest absolute Gasteiger partial charge is 0.326 e. The van der Waals surface area contributed by atoms with E-state index in [4.69, 9.17) is 11.6 Å². The van der Waals surface area contributed by atoms with Crippen LogP contribution in [0.5, 0.6) is 0 Å². The summed E-state index contributed by atoms with van der Waals surface area (Å²) < 4.78 is 27.8. The molecular formula is C21H19ClN2O4S. The van der Waals surface area contributed by atoms with Gasteiger partial charge in [0, 0.05) is 12.6 Å². The topological polar surface area (TPSA) is 83.6 Å². The quantitative estimate of drug-likeness (QED) is 0.595. The Hall–Kier alpha value is -2.90. The number of nitrogens with zero attached hydrogens (tertiary/aromatic N) is 1. The van der Waals surface area contributed by atoms with Crippen LogP contribution in [0.15, 0.2) is 71.6 Å². The van der Waals surface area contributed by atoms with Gasteiger partial charge >= 0.3 is 0 Å². The molecule has 150 valence electrons. The van der Waals surface area contributed by atoms with Gasteiger partial charge in [-0.15, -0.1) is 0 Å². The molecule has 0 heterocycles. The molecule has 1 amide bonds. The minimum atomic E-state index is -4.10. The van der Waals surface area contributed by atoms with Crippen molar-refractivity contribution in [2.24, 2.45) is 0 Å². The summed E-state index contributed by atoms with van der Waals surface area (Å²) in [5, 5.41) is 3.56. The maximum Gasteiger partial charge on any atom is 0.265 e. The molecule has 3 rings (SSSR count). The zero-order chi connectivity index (χ0) is 21.2. The summed E-state index contributed by atoms with van der Waals surface area (Å²) in [6.07, 6.45) is 0. The molecule has 0 bridgehead atoms. The molecule has 0 aromatic heterocycles. The van der Waals surface area contributed by atoms with Gasteiger partial charge in [0.25, 0.3) is 10.0 Å². The van der Waals surface area contributed by atoms with Crippen molar-refractivity contribution >= 4 is 54.9 Å². The summed E-state index contributed by atoms with van der Waals surface area (Å²) in [5.74, 6) is -0.264. The lowest BCUT2D eigenvalue weighted by Crippen LogP contribution is -2.42. The molecule has 8 heteroatoms. The lowest BCUT2D eigenvalue weighted by atomic mass is 10.1. The zero-order valence-corrected chi connectivity index (χ0v) is 17.4. The van der Waals surface area contributed by atoms with E-state index in [0.717, 1.165) is 15.1 Å². The third-order valence-corrected chi connectivity index (χ3v) is 6.63. The summed E-state index contributed by atoms with van der Waals surface area (Å²) in [4.78, 5) is 23.0. The van der Waals surface area contributed by atoms with Crippen molar-refractivity contribution in [1.82, 2.24) is 0 Å². The first kappa shape index (κ1) is 20.8. The Kier molecular flexibility index (Phi) is 5.91. The Morgan fingerprint density at radius 1 is 0.966 bits per heavy atom. The molecule has 0 aliphatic rings. The van der Waals surface area contributed by atoms with Crippen molar-refractivity contribution in [3.05, 3.63) is 66.7 Å². The van der Waals surface area contributed by atoms with Crippen LogP contribution in [0.2, 0.25) is 0 Å². The molecule has 6 nitrogen and oxygen atoms in total. The summed E-state index contributed by atoms with van der Waals surface area (Å²) in [6, 6.07) is 17.3. The highest BCUT2D eigenvalue weighted by atomic mass is 35.5. The monoisotopic (exact) mass is 430 g/mol. The fraction of sp³-hybridized carbons (Fsp3) is 0.143. The van der Waals surface area contributed by atoms with Gasteiger partial charge in [-0.1, -0.05) is 30.3 Å². The Morgan fingerprint density at radius 2 is 1.59 bits per heavy atom. The Morgan fingerprint density at radius 3 is 2.17 bits per heavy atom. The summed E-state index contributed by atoms with van der Waals surface area (Å²) in [5.41, 5.74) is 0.798. The molecule has 3 aromatic carbocycles. The standard InChI is InChI=1S/C21H19ClN2O4S/c1-14(21(22)26)24(19-10-7-16-5-3-4-6-17(16)13-19)29(27,28)20-11-8-18(9-12-20)23-15(2)25/h3-14H,1-2H3,(H,23,25). The number of hydrogen-bond acceptors (Lipinski definition) is 4. The predicted octanol–water partition coefficient (Wildman–Crippen LogP) is 4.15. The molecule has 0 saturated carbocycles. The van der Waals surface area contributed by atoms with Crippen LogP contribution in [0.3, 0.4) is 0 Å². The van der Waals surface area contributed by atoms with E-state index in [2.05, 4.69) is 5.32 Å². The number of amides is 1. The highest BCUT2D eigenvalue weighted by Gasteiger charge is 2.32. The highest BCUT2D eigenvalue weighted by Crippen LogP contribution is 2.30. The number of anilines is 2. The molecule has 0 spiro atoms. The molecule has 29 heavy (non-hydrogen) atoms. The van der Waals surface area contributed by atoms with Gasteiger partial charge in [-0.3, -0.25) is 13.9 Å². The van der Waals surface area contributed by atoms with E-state index >= 15 is 0 Å². The average molecular weight is 431 g/mol. The second kappa shape index (κ2) is 8.23. The van der Waals surface area contributed by atoms with Gasteiger partial charge in [0.2, 0.25) is 11.1 Å². The van der Waals surface area contributed by atoms with E-state index in [9.17, 15) is 18.0 Å². The fourth-order valence-corrected chi connectivity index (χ4v) is 4.77. The van der Waals surface area contributed by atoms with Crippen molar-refractivity contribution in [3.63, 3.8) is 0 Å². The van der Waals surface area contributed by atoms with Crippen LogP contribution in [0.25, 0.3) is 10.8 Å². The van der Waals surface area contributed by atoms with E-state index in [-0.39, 0.29) is 10.8 Å². The Labute approximate surface area is 174 Å². The Balaban J connectivity index is 2.09. The van der Waals surface area contributed by atoms with Gasteiger partial charge in [-0.2, -0.15) is 0 Å². The number of benzene rings is 3. The molecule has 0 aliphatic heterocycles. The van der Waals surface area contributed by atoms with Crippen LogP contribution < -0.4 is 9.62 Å². The number of fused-ring (bicyclic) bond motifs is 1. The smallest absolute Gasteiger partial charge is 0.265 e. The third kappa shape index (κ3) is 4.41. The molecule has 0 radical (unpaired) electrons. The lowest BCUT2D eigenvalue weighted by Gasteiger charge is -2.28. The van der Waals surface area contributed by atoms with Gasteiger partial charge in [-0.05, 0) is 65.7 Å². The van der Waals surface area contributed by atoms with Crippen LogP contribution in [0, 0.1) is 0 Å². The molecule has 0 fully saturated rings. The van der Waals surface area contributed by atoms with Crippen molar-refractivity contribution in [1.29, 1.82) is 0 Å². The highest BCUT2D eigenvalue weighted by molar-refractivity contribution is 7.93.